The largest absolute Gasteiger partial charge is 0.324 e. The predicted octanol–water partition coefficient (Wildman–Crippen LogP) is 4.01. The van der Waals surface area contributed by atoms with E-state index in [1.807, 2.05) is 31.3 Å². The summed E-state index contributed by atoms with van der Waals surface area (Å²) in [7, 11) is 2.02. The summed E-state index contributed by atoms with van der Waals surface area (Å²) < 4.78 is 0.900. The van der Waals surface area contributed by atoms with Gasteiger partial charge in [0.05, 0.1) is 12.2 Å². The Kier molecular flexibility index (Phi) is 4.60. The molecular formula is C18H19BrN2O. The highest BCUT2D eigenvalue weighted by Gasteiger charge is 2.26. The molecule has 1 amide bonds. The fraction of sp³-hybridized carbons (Fsp3) is 0.278. The number of carbonyl (C=O) groups is 1. The van der Waals surface area contributed by atoms with Gasteiger partial charge in [-0.2, -0.15) is 0 Å². The van der Waals surface area contributed by atoms with Crippen molar-refractivity contribution >= 4 is 27.5 Å². The molecule has 1 aliphatic rings. The molecule has 3 nitrogen and oxygen atoms in total. The van der Waals surface area contributed by atoms with Crippen LogP contribution in [0.3, 0.4) is 0 Å². The number of aryl methyl sites for hydroxylation is 1. The number of carbonyl (C=O) groups excluding carboxylic acids is 1. The fourth-order valence-corrected chi connectivity index (χ4v) is 3.47. The number of anilines is 1. The topological polar surface area (TPSA) is 32.3 Å². The van der Waals surface area contributed by atoms with Gasteiger partial charge in [-0.05, 0) is 59.1 Å². The maximum atomic E-state index is 12.3. The Morgan fingerprint density at radius 2 is 1.95 bits per heavy atom. The van der Waals surface area contributed by atoms with Crippen molar-refractivity contribution in [3.63, 3.8) is 0 Å². The third-order valence-electron chi connectivity index (χ3n) is 4.17. The first-order valence-corrected chi connectivity index (χ1v) is 8.27. The minimum atomic E-state index is 0.0128. The van der Waals surface area contributed by atoms with E-state index < -0.39 is 0 Å². The Morgan fingerprint density at radius 3 is 2.77 bits per heavy atom. The molecular weight excluding hydrogens is 340 g/mol. The van der Waals surface area contributed by atoms with Crippen molar-refractivity contribution in [2.45, 2.75) is 18.9 Å². The molecule has 0 aromatic heterocycles. The molecule has 3 rings (SSSR count). The lowest BCUT2D eigenvalue weighted by atomic mass is 10.1. The summed E-state index contributed by atoms with van der Waals surface area (Å²) >= 11 is 3.45. The molecule has 0 radical (unpaired) electrons. The number of benzene rings is 2. The van der Waals surface area contributed by atoms with Gasteiger partial charge in [-0.1, -0.05) is 36.4 Å². The highest BCUT2D eigenvalue weighted by Crippen LogP contribution is 2.34. The molecule has 0 heterocycles. The molecule has 0 saturated heterocycles. The standard InChI is InChI=1S/C18H19BrN2O/c1-21(17-11-10-13-6-2-3-7-14(13)17)12-18(22)20-16-9-5-4-8-15(16)19/h2-9,17H,10-12H2,1H3,(H,20,22)/t17-/m1/s1. The summed E-state index contributed by atoms with van der Waals surface area (Å²) in [5, 5.41) is 2.96. The van der Waals surface area contributed by atoms with Gasteiger partial charge < -0.3 is 5.32 Å². The van der Waals surface area contributed by atoms with E-state index in [1.54, 1.807) is 0 Å². The van der Waals surface area contributed by atoms with Crippen molar-refractivity contribution in [1.29, 1.82) is 0 Å². The van der Waals surface area contributed by atoms with Crippen LogP contribution in [0.2, 0.25) is 0 Å². The number of rotatable bonds is 4. The number of hydrogen-bond donors (Lipinski definition) is 1. The normalized spacial score (nSPS) is 16.6. The van der Waals surface area contributed by atoms with Gasteiger partial charge in [0.1, 0.15) is 0 Å². The van der Waals surface area contributed by atoms with Crippen LogP contribution in [0.1, 0.15) is 23.6 Å². The average molecular weight is 359 g/mol. The number of halogens is 1. The summed E-state index contributed by atoms with van der Waals surface area (Å²) in [6.07, 6.45) is 2.18. The second-order valence-electron chi connectivity index (χ2n) is 5.70. The molecule has 0 saturated carbocycles. The molecule has 4 heteroatoms. The Balaban J connectivity index is 1.64. The Hall–Kier alpha value is -1.65. The summed E-state index contributed by atoms with van der Waals surface area (Å²) in [5.41, 5.74) is 3.58. The third-order valence-corrected chi connectivity index (χ3v) is 4.87. The lowest BCUT2D eigenvalue weighted by molar-refractivity contribution is -0.117. The zero-order chi connectivity index (χ0) is 15.5. The molecule has 114 valence electrons. The minimum Gasteiger partial charge on any atom is -0.324 e. The van der Waals surface area contributed by atoms with Crippen LogP contribution in [-0.2, 0) is 11.2 Å². The first kappa shape index (κ1) is 15.3. The van der Waals surface area contributed by atoms with Crippen LogP contribution in [-0.4, -0.2) is 24.4 Å². The Morgan fingerprint density at radius 1 is 1.23 bits per heavy atom. The average Bonchev–Trinajstić information content (AvgIpc) is 2.93. The van der Waals surface area contributed by atoms with Gasteiger partial charge in [-0.15, -0.1) is 0 Å². The monoisotopic (exact) mass is 358 g/mol. The quantitative estimate of drug-likeness (QED) is 0.895. The maximum Gasteiger partial charge on any atom is 0.238 e. The van der Waals surface area contributed by atoms with Gasteiger partial charge in [0.25, 0.3) is 0 Å². The molecule has 22 heavy (non-hydrogen) atoms. The molecule has 1 aliphatic carbocycles. The zero-order valence-corrected chi connectivity index (χ0v) is 14.1. The van der Waals surface area contributed by atoms with E-state index in [9.17, 15) is 4.79 Å². The van der Waals surface area contributed by atoms with Gasteiger partial charge in [0.2, 0.25) is 5.91 Å². The SMILES string of the molecule is CN(CC(=O)Nc1ccccc1Br)[C@@H]1CCc2ccccc21. The number of amides is 1. The van der Waals surface area contributed by atoms with Crippen LogP contribution < -0.4 is 5.32 Å². The highest BCUT2D eigenvalue weighted by atomic mass is 79.9. The summed E-state index contributed by atoms with van der Waals surface area (Å²) in [5.74, 6) is 0.0128. The van der Waals surface area contributed by atoms with E-state index in [2.05, 4.69) is 50.4 Å². The van der Waals surface area contributed by atoms with Gasteiger partial charge >= 0.3 is 0 Å². The number of nitrogens with one attached hydrogen (secondary N) is 1. The highest BCUT2D eigenvalue weighted by molar-refractivity contribution is 9.10. The van der Waals surface area contributed by atoms with Crippen LogP contribution in [0.5, 0.6) is 0 Å². The molecule has 0 spiro atoms. The van der Waals surface area contributed by atoms with E-state index >= 15 is 0 Å². The second-order valence-corrected chi connectivity index (χ2v) is 6.55. The molecule has 0 unspecified atom stereocenters. The van der Waals surface area contributed by atoms with Gasteiger partial charge in [-0.25, -0.2) is 0 Å². The molecule has 0 fully saturated rings. The van der Waals surface area contributed by atoms with Crippen LogP contribution in [0, 0.1) is 0 Å². The van der Waals surface area contributed by atoms with Crippen molar-refractivity contribution in [3.8, 4) is 0 Å². The number of nitrogens with zero attached hydrogens (tertiary/aromatic N) is 1. The van der Waals surface area contributed by atoms with Gasteiger partial charge in [0, 0.05) is 10.5 Å². The summed E-state index contributed by atoms with van der Waals surface area (Å²) in [4.78, 5) is 14.4. The van der Waals surface area contributed by atoms with E-state index in [1.165, 1.54) is 11.1 Å². The fourth-order valence-electron chi connectivity index (χ4n) is 3.08. The van der Waals surface area contributed by atoms with Crippen LogP contribution >= 0.6 is 15.9 Å². The first-order chi connectivity index (χ1) is 10.6. The number of fused-ring (bicyclic) bond motifs is 1. The maximum absolute atomic E-state index is 12.3. The van der Waals surface area contributed by atoms with Crippen molar-refractivity contribution in [1.82, 2.24) is 4.90 Å². The smallest absolute Gasteiger partial charge is 0.238 e. The molecule has 2 aromatic rings. The molecule has 0 aliphatic heterocycles. The predicted molar refractivity (Wildman–Crippen MR) is 92.9 cm³/mol. The zero-order valence-electron chi connectivity index (χ0n) is 12.6. The van der Waals surface area contributed by atoms with E-state index in [0.717, 1.165) is 23.0 Å². The summed E-state index contributed by atoms with van der Waals surface area (Å²) in [6, 6.07) is 16.5. The summed E-state index contributed by atoms with van der Waals surface area (Å²) in [6.45, 7) is 0.389. The second kappa shape index (κ2) is 6.63. The lowest BCUT2D eigenvalue weighted by Gasteiger charge is -2.24. The van der Waals surface area contributed by atoms with Gasteiger partial charge in [0.15, 0.2) is 0 Å². The van der Waals surface area contributed by atoms with Crippen molar-refractivity contribution in [2.75, 3.05) is 18.9 Å². The van der Waals surface area contributed by atoms with Crippen LogP contribution in [0.25, 0.3) is 0 Å². The van der Waals surface area contributed by atoms with Crippen LogP contribution in [0.4, 0.5) is 5.69 Å². The van der Waals surface area contributed by atoms with E-state index in [0.29, 0.717) is 12.6 Å². The van der Waals surface area contributed by atoms with Crippen LogP contribution in [0.15, 0.2) is 53.0 Å². The minimum absolute atomic E-state index is 0.0128. The van der Waals surface area contributed by atoms with Crippen molar-refractivity contribution < 1.29 is 4.79 Å². The van der Waals surface area contributed by atoms with Crippen molar-refractivity contribution in [2.24, 2.45) is 0 Å². The van der Waals surface area contributed by atoms with E-state index in [4.69, 9.17) is 0 Å². The first-order valence-electron chi connectivity index (χ1n) is 7.47. The molecule has 1 atom stereocenters. The molecule has 0 bridgehead atoms. The molecule has 1 N–H and O–H groups in total. The van der Waals surface area contributed by atoms with Crippen molar-refractivity contribution in [3.05, 3.63) is 64.1 Å². The third kappa shape index (κ3) is 3.23. The number of para-hydroxylation sites is 1. The number of likely N-dealkylation sites (N-methyl/N-ethyl adjacent to an activating group) is 1. The van der Waals surface area contributed by atoms with Gasteiger partial charge in [-0.3, -0.25) is 9.69 Å². The number of hydrogen-bond acceptors (Lipinski definition) is 2. The van der Waals surface area contributed by atoms with E-state index in [-0.39, 0.29) is 5.91 Å². The Bertz CT molecular complexity index is 686. The lowest BCUT2D eigenvalue weighted by Crippen LogP contribution is -2.32. The molecule has 2 aromatic carbocycles. The Labute approximate surface area is 139 Å².